The van der Waals surface area contributed by atoms with Crippen molar-refractivity contribution in [1.29, 1.82) is 0 Å². The van der Waals surface area contributed by atoms with E-state index < -0.39 is 0 Å². The van der Waals surface area contributed by atoms with Crippen LogP contribution in [0.5, 0.6) is 11.5 Å². The minimum atomic E-state index is -0.0726. The molecule has 1 aromatic rings. The van der Waals surface area contributed by atoms with Crippen LogP contribution in [0.4, 0.5) is 0 Å². The van der Waals surface area contributed by atoms with E-state index in [-0.39, 0.29) is 5.91 Å². The number of benzene rings is 1. The van der Waals surface area contributed by atoms with Crippen LogP contribution >= 0.6 is 0 Å². The zero-order valence-electron chi connectivity index (χ0n) is 13.9. The Kier molecular flexibility index (Phi) is 5.66. The van der Waals surface area contributed by atoms with Gasteiger partial charge in [0.2, 0.25) is 0 Å². The van der Waals surface area contributed by atoms with E-state index in [4.69, 9.17) is 9.47 Å². The molecule has 5 heteroatoms. The van der Waals surface area contributed by atoms with Gasteiger partial charge >= 0.3 is 0 Å². The highest BCUT2D eigenvalue weighted by atomic mass is 16.5. The molecule has 2 rings (SSSR count). The van der Waals surface area contributed by atoms with Gasteiger partial charge in [0.25, 0.3) is 5.91 Å². The first-order chi connectivity index (χ1) is 10.6. The summed E-state index contributed by atoms with van der Waals surface area (Å²) in [6.07, 6.45) is 2.35. The monoisotopic (exact) mass is 306 g/mol. The van der Waals surface area contributed by atoms with Gasteiger partial charge in [-0.1, -0.05) is 0 Å². The second-order valence-corrected chi connectivity index (χ2v) is 5.91. The van der Waals surface area contributed by atoms with E-state index in [0.29, 0.717) is 35.7 Å². The second kappa shape index (κ2) is 7.49. The topological polar surface area (TPSA) is 50.8 Å². The molecule has 0 bridgehead atoms. The third-order valence-electron chi connectivity index (χ3n) is 4.23. The number of nitrogens with one attached hydrogen (secondary N) is 1. The SMILES string of the molecule is COc1ccc(C(=O)NCC2CCCN2C(C)C)cc1OC. The normalized spacial score (nSPS) is 18.5. The van der Waals surface area contributed by atoms with Crippen molar-refractivity contribution in [1.82, 2.24) is 10.2 Å². The fraction of sp³-hybridized carbons (Fsp3) is 0.588. The van der Waals surface area contributed by atoms with E-state index in [1.54, 1.807) is 32.4 Å². The van der Waals surface area contributed by atoms with E-state index in [0.717, 1.165) is 13.0 Å². The molecule has 1 heterocycles. The Morgan fingerprint density at radius 2 is 2.05 bits per heavy atom. The summed E-state index contributed by atoms with van der Waals surface area (Å²) < 4.78 is 10.4. The third kappa shape index (κ3) is 3.71. The number of ether oxygens (including phenoxy) is 2. The number of carbonyl (C=O) groups excluding carboxylic acids is 1. The van der Waals surface area contributed by atoms with Gasteiger partial charge in [0, 0.05) is 24.2 Å². The van der Waals surface area contributed by atoms with E-state index in [1.807, 2.05) is 0 Å². The lowest BCUT2D eigenvalue weighted by molar-refractivity contribution is 0.0935. The molecule has 0 aliphatic carbocycles. The van der Waals surface area contributed by atoms with E-state index in [2.05, 4.69) is 24.1 Å². The van der Waals surface area contributed by atoms with E-state index in [1.165, 1.54) is 6.42 Å². The minimum absolute atomic E-state index is 0.0726. The molecular weight excluding hydrogens is 280 g/mol. The number of carbonyl (C=O) groups is 1. The quantitative estimate of drug-likeness (QED) is 0.876. The first-order valence-corrected chi connectivity index (χ1v) is 7.82. The molecule has 5 nitrogen and oxygen atoms in total. The van der Waals surface area contributed by atoms with Gasteiger partial charge in [0.1, 0.15) is 0 Å². The summed E-state index contributed by atoms with van der Waals surface area (Å²) in [5.74, 6) is 1.12. The molecule has 1 amide bonds. The maximum Gasteiger partial charge on any atom is 0.251 e. The van der Waals surface area contributed by atoms with Gasteiger partial charge in [0.05, 0.1) is 14.2 Å². The summed E-state index contributed by atoms with van der Waals surface area (Å²) in [5.41, 5.74) is 0.590. The van der Waals surface area contributed by atoms with Crippen molar-refractivity contribution in [2.45, 2.75) is 38.8 Å². The first-order valence-electron chi connectivity index (χ1n) is 7.82. The molecule has 22 heavy (non-hydrogen) atoms. The van der Waals surface area contributed by atoms with Crippen LogP contribution in [0, 0.1) is 0 Å². The molecule has 0 radical (unpaired) electrons. The fourth-order valence-corrected chi connectivity index (χ4v) is 3.05. The molecule has 1 aliphatic rings. The van der Waals surface area contributed by atoms with Crippen molar-refractivity contribution in [3.63, 3.8) is 0 Å². The number of likely N-dealkylation sites (tertiary alicyclic amines) is 1. The van der Waals surface area contributed by atoms with Crippen LogP contribution in [0.3, 0.4) is 0 Å². The molecule has 1 N–H and O–H groups in total. The highest BCUT2D eigenvalue weighted by Crippen LogP contribution is 2.27. The van der Waals surface area contributed by atoms with Gasteiger partial charge in [-0.2, -0.15) is 0 Å². The predicted molar refractivity (Wildman–Crippen MR) is 86.7 cm³/mol. The van der Waals surface area contributed by atoms with Crippen molar-refractivity contribution in [2.24, 2.45) is 0 Å². The van der Waals surface area contributed by atoms with E-state index in [9.17, 15) is 4.79 Å². The summed E-state index contributed by atoms with van der Waals surface area (Å²) in [7, 11) is 3.15. The summed E-state index contributed by atoms with van der Waals surface area (Å²) >= 11 is 0. The zero-order valence-corrected chi connectivity index (χ0v) is 13.9. The Morgan fingerprint density at radius 1 is 1.32 bits per heavy atom. The largest absolute Gasteiger partial charge is 0.493 e. The second-order valence-electron chi connectivity index (χ2n) is 5.91. The highest BCUT2D eigenvalue weighted by Gasteiger charge is 2.26. The Hall–Kier alpha value is -1.75. The molecule has 0 spiro atoms. The lowest BCUT2D eigenvalue weighted by Crippen LogP contribution is -2.43. The van der Waals surface area contributed by atoms with Crippen molar-refractivity contribution >= 4 is 5.91 Å². The molecule has 0 saturated carbocycles. The lowest BCUT2D eigenvalue weighted by Gasteiger charge is -2.28. The Labute approximate surface area is 132 Å². The average Bonchev–Trinajstić information content (AvgIpc) is 3.00. The van der Waals surface area contributed by atoms with Crippen molar-refractivity contribution in [3.05, 3.63) is 23.8 Å². The van der Waals surface area contributed by atoms with Gasteiger partial charge in [-0.3, -0.25) is 9.69 Å². The van der Waals surface area contributed by atoms with Gasteiger partial charge in [-0.15, -0.1) is 0 Å². The standard InChI is InChI=1S/C17H26N2O3/c1-12(2)19-9-5-6-14(19)11-18-17(20)13-7-8-15(21-3)16(10-13)22-4/h7-8,10,12,14H,5-6,9,11H2,1-4H3,(H,18,20). The Bertz CT molecular complexity index is 517. The van der Waals surface area contributed by atoms with Crippen LogP contribution in [-0.4, -0.2) is 50.2 Å². The van der Waals surface area contributed by atoms with Gasteiger partial charge in [-0.25, -0.2) is 0 Å². The van der Waals surface area contributed by atoms with Crippen molar-refractivity contribution in [3.8, 4) is 11.5 Å². The van der Waals surface area contributed by atoms with Crippen LogP contribution in [-0.2, 0) is 0 Å². The lowest BCUT2D eigenvalue weighted by atomic mass is 10.1. The third-order valence-corrected chi connectivity index (χ3v) is 4.23. The summed E-state index contributed by atoms with van der Waals surface area (Å²) in [6.45, 7) is 6.21. The van der Waals surface area contributed by atoms with E-state index >= 15 is 0 Å². The molecule has 1 aliphatic heterocycles. The number of nitrogens with zero attached hydrogens (tertiary/aromatic N) is 1. The maximum atomic E-state index is 12.3. The predicted octanol–water partition coefficient (Wildman–Crippen LogP) is 2.31. The number of methoxy groups -OCH3 is 2. The van der Waals surface area contributed by atoms with Crippen LogP contribution in [0.25, 0.3) is 0 Å². The van der Waals surface area contributed by atoms with Crippen LogP contribution < -0.4 is 14.8 Å². The molecule has 1 atom stereocenters. The van der Waals surface area contributed by atoms with Gasteiger partial charge in [0.15, 0.2) is 11.5 Å². The molecule has 1 aromatic carbocycles. The Balaban J connectivity index is 1.97. The van der Waals surface area contributed by atoms with Crippen LogP contribution in [0.1, 0.15) is 37.0 Å². The molecule has 122 valence electrons. The first kappa shape index (κ1) is 16.6. The van der Waals surface area contributed by atoms with Crippen molar-refractivity contribution < 1.29 is 14.3 Å². The summed E-state index contributed by atoms with van der Waals surface area (Å²) in [4.78, 5) is 14.8. The number of rotatable bonds is 6. The fourth-order valence-electron chi connectivity index (χ4n) is 3.05. The molecule has 1 saturated heterocycles. The van der Waals surface area contributed by atoms with Crippen molar-refractivity contribution in [2.75, 3.05) is 27.3 Å². The summed E-state index contributed by atoms with van der Waals surface area (Å²) in [5, 5.41) is 3.04. The minimum Gasteiger partial charge on any atom is -0.493 e. The number of hydrogen-bond donors (Lipinski definition) is 1. The number of amides is 1. The zero-order chi connectivity index (χ0) is 16.1. The number of hydrogen-bond acceptors (Lipinski definition) is 4. The highest BCUT2D eigenvalue weighted by molar-refractivity contribution is 5.94. The molecular formula is C17H26N2O3. The molecule has 1 unspecified atom stereocenters. The van der Waals surface area contributed by atoms with Gasteiger partial charge < -0.3 is 14.8 Å². The average molecular weight is 306 g/mol. The van der Waals surface area contributed by atoms with Gasteiger partial charge in [-0.05, 0) is 51.4 Å². The van der Waals surface area contributed by atoms with Crippen LogP contribution in [0.15, 0.2) is 18.2 Å². The molecule has 1 fully saturated rings. The van der Waals surface area contributed by atoms with Crippen LogP contribution in [0.2, 0.25) is 0 Å². The Morgan fingerprint density at radius 3 is 2.68 bits per heavy atom. The summed E-state index contributed by atoms with van der Waals surface area (Å²) in [6, 6.07) is 6.17. The maximum absolute atomic E-state index is 12.3. The smallest absolute Gasteiger partial charge is 0.251 e. The molecule has 0 aromatic heterocycles.